The minimum Gasteiger partial charge on any atom is -0.486 e. The maximum absolute atomic E-state index is 12.8. The van der Waals surface area contributed by atoms with Crippen molar-refractivity contribution in [1.29, 1.82) is 0 Å². The van der Waals surface area contributed by atoms with Crippen LogP contribution in [0.2, 0.25) is 0 Å². The normalized spacial score (nSPS) is 25.3. The van der Waals surface area contributed by atoms with Crippen molar-refractivity contribution in [2.45, 2.75) is 30.6 Å². The van der Waals surface area contributed by atoms with Crippen LogP contribution < -0.4 is 19.5 Å². The molecule has 0 aromatic heterocycles. The van der Waals surface area contributed by atoms with Crippen LogP contribution in [0.1, 0.15) is 19.3 Å². The molecule has 0 radical (unpaired) electrons. The number of amides is 1. The molecule has 2 unspecified atom stereocenters. The van der Waals surface area contributed by atoms with Gasteiger partial charge in [-0.05, 0) is 31.4 Å². The largest absolute Gasteiger partial charge is 0.486 e. The highest BCUT2D eigenvalue weighted by Crippen LogP contribution is 2.38. The van der Waals surface area contributed by atoms with E-state index in [0.717, 1.165) is 25.9 Å². The summed E-state index contributed by atoms with van der Waals surface area (Å²) in [7, 11) is -3.66. The van der Waals surface area contributed by atoms with Gasteiger partial charge < -0.3 is 19.7 Å². The molecular formula is C17H23N3O5S. The molecule has 2 saturated heterocycles. The van der Waals surface area contributed by atoms with Gasteiger partial charge in [-0.2, -0.15) is 0 Å². The van der Waals surface area contributed by atoms with Crippen LogP contribution in [0.4, 0.5) is 5.69 Å². The lowest BCUT2D eigenvalue weighted by molar-refractivity contribution is -0.131. The zero-order valence-electron chi connectivity index (χ0n) is 14.4. The number of carbonyl (C=O) groups excluding carboxylic acids is 1. The van der Waals surface area contributed by atoms with Crippen molar-refractivity contribution in [1.82, 2.24) is 10.2 Å². The third-order valence-corrected chi connectivity index (χ3v) is 6.80. The summed E-state index contributed by atoms with van der Waals surface area (Å²) in [6.07, 6.45) is 2.31. The fourth-order valence-electron chi connectivity index (χ4n) is 3.68. The molecule has 26 heavy (non-hydrogen) atoms. The van der Waals surface area contributed by atoms with Crippen LogP contribution in [0, 0.1) is 0 Å². The molecule has 2 atom stereocenters. The highest BCUT2D eigenvalue weighted by Gasteiger charge is 2.39. The van der Waals surface area contributed by atoms with Crippen LogP contribution in [-0.4, -0.2) is 63.4 Å². The lowest BCUT2D eigenvalue weighted by Crippen LogP contribution is -2.42. The van der Waals surface area contributed by atoms with Crippen molar-refractivity contribution >= 4 is 21.6 Å². The molecule has 8 nitrogen and oxygen atoms in total. The predicted molar refractivity (Wildman–Crippen MR) is 96.0 cm³/mol. The zero-order valence-corrected chi connectivity index (χ0v) is 15.3. The molecule has 2 fully saturated rings. The van der Waals surface area contributed by atoms with Gasteiger partial charge in [-0.3, -0.25) is 9.52 Å². The average molecular weight is 381 g/mol. The van der Waals surface area contributed by atoms with Crippen molar-refractivity contribution in [2.75, 3.05) is 37.6 Å². The number of anilines is 1. The van der Waals surface area contributed by atoms with Crippen molar-refractivity contribution in [2.24, 2.45) is 0 Å². The lowest BCUT2D eigenvalue weighted by atomic mass is 10.2. The smallest absolute Gasteiger partial charge is 0.239 e. The number of sulfonamides is 1. The second-order valence-electron chi connectivity index (χ2n) is 6.83. The number of rotatable bonds is 4. The fourth-order valence-corrected chi connectivity index (χ4v) is 5.07. The van der Waals surface area contributed by atoms with Crippen LogP contribution in [0.3, 0.4) is 0 Å². The highest BCUT2D eigenvalue weighted by molar-refractivity contribution is 7.93. The second kappa shape index (κ2) is 6.96. The molecule has 4 rings (SSSR count). The van der Waals surface area contributed by atoms with Gasteiger partial charge in [0.15, 0.2) is 11.5 Å². The van der Waals surface area contributed by atoms with E-state index in [-0.39, 0.29) is 18.9 Å². The molecule has 0 spiro atoms. The second-order valence-corrected chi connectivity index (χ2v) is 8.79. The van der Waals surface area contributed by atoms with Crippen LogP contribution in [0.5, 0.6) is 11.5 Å². The topological polar surface area (TPSA) is 97.0 Å². The van der Waals surface area contributed by atoms with Crippen molar-refractivity contribution in [3.63, 3.8) is 0 Å². The lowest BCUT2D eigenvalue weighted by Gasteiger charge is -2.22. The van der Waals surface area contributed by atoms with E-state index in [2.05, 4.69) is 10.0 Å². The molecule has 2 N–H and O–H groups in total. The molecule has 0 bridgehead atoms. The number of ether oxygens (including phenoxy) is 2. The van der Waals surface area contributed by atoms with Crippen LogP contribution >= 0.6 is 0 Å². The Labute approximate surface area is 152 Å². The summed E-state index contributed by atoms with van der Waals surface area (Å²) in [6, 6.07) is 4.69. The summed E-state index contributed by atoms with van der Waals surface area (Å²) >= 11 is 0. The number of nitrogens with one attached hydrogen (secondary N) is 2. The molecule has 1 aromatic carbocycles. The predicted octanol–water partition coefficient (Wildman–Crippen LogP) is 0.552. The van der Waals surface area contributed by atoms with E-state index in [4.69, 9.17) is 9.47 Å². The Morgan fingerprint density at radius 2 is 1.96 bits per heavy atom. The summed E-state index contributed by atoms with van der Waals surface area (Å²) in [5.41, 5.74) is 0.372. The Balaban J connectivity index is 1.45. The summed E-state index contributed by atoms with van der Waals surface area (Å²) in [4.78, 5) is 14.3. The molecule has 3 aliphatic heterocycles. The van der Waals surface area contributed by atoms with Crippen LogP contribution in [0.25, 0.3) is 0 Å². The van der Waals surface area contributed by atoms with E-state index < -0.39 is 21.3 Å². The van der Waals surface area contributed by atoms with Gasteiger partial charge in [0.05, 0.1) is 17.0 Å². The van der Waals surface area contributed by atoms with Gasteiger partial charge in [-0.1, -0.05) is 6.07 Å². The standard InChI is InChI=1S/C17H23N3O5S/c21-17(20-6-1-2-7-20)14-10-12(11-18-14)26(22,23)19-13-4-3-5-15-16(13)25-9-8-24-15/h3-5,12,14,18-19H,1-2,6-11H2. The number of hydrogen-bond acceptors (Lipinski definition) is 6. The van der Waals surface area contributed by atoms with Crippen molar-refractivity contribution < 1.29 is 22.7 Å². The first-order chi connectivity index (χ1) is 12.5. The SMILES string of the molecule is O=C(C1CC(S(=O)(=O)Nc2cccc3c2OCCO3)CN1)N1CCCC1. The molecule has 0 aliphatic carbocycles. The maximum atomic E-state index is 12.8. The summed E-state index contributed by atoms with van der Waals surface area (Å²) in [5.74, 6) is 0.954. The first-order valence-electron chi connectivity index (χ1n) is 8.97. The highest BCUT2D eigenvalue weighted by atomic mass is 32.2. The number of likely N-dealkylation sites (tertiary alicyclic amines) is 1. The quantitative estimate of drug-likeness (QED) is 0.791. The molecule has 9 heteroatoms. The van der Waals surface area contributed by atoms with Gasteiger partial charge in [0.1, 0.15) is 13.2 Å². The van der Waals surface area contributed by atoms with Gasteiger partial charge >= 0.3 is 0 Å². The number of carbonyl (C=O) groups is 1. The molecular weight excluding hydrogens is 358 g/mol. The first-order valence-corrected chi connectivity index (χ1v) is 10.5. The van der Waals surface area contributed by atoms with Crippen LogP contribution in [-0.2, 0) is 14.8 Å². The van der Waals surface area contributed by atoms with E-state index in [0.29, 0.717) is 30.4 Å². The molecule has 1 amide bonds. The summed E-state index contributed by atoms with van der Waals surface area (Å²) < 4.78 is 39.3. The van der Waals surface area contributed by atoms with Gasteiger partial charge in [0.25, 0.3) is 0 Å². The third-order valence-electron chi connectivity index (χ3n) is 5.06. The monoisotopic (exact) mass is 381 g/mol. The van der Waals surface area contributed by atoms with Crippen molar-refractivity contribution in [3.05, 3.63) is 18.2 Å². The maximum Gasteiger partial charge on any atom is 0.239 e. The van der Waals surface area contributed by atoms with E-state index in [9.17, 15) is 13.2 Å². The van der Waals surface area contributed by atoms with Crippen LogP contribution in [0.15, 0.2) is 18.2 Å². The zero-order chi connectivity index (χ0) is 18.1. The molecule has 3 heterocycles. The fraction of sp³-hybridized carbons (Fsp3) is 0.588. The first kappa shape index (κ1) is 17.4. The summed E-state index contributed by atoms with van der Waals surface area (Å²) in [5, 5.41) is 2.40. The third kappa shape index (κ3) is 3.33. The Bertz CT molecular complexity index is 792. The minimum atomic E-state index is -3.66. The van der Waals surface area contributed by atoms with Gasteiger partial charge in [0.2, 0.25) is 15.9 Å². The van der Waals surface area contributed by atoms with Crippen molar-refractivity contribution in [3.8, 4) is 11.5 Å². The average Bonchev–Trinajstić information content (AvgIpc) is 3.33. The minimum absolute atomic E-state index is 0.00836. The van der Waals surface area contributed by atoms with E-state index in [1.807, 2.05) is 4.90 Å². The molecule has 1 aromatic rings. The van der Waals surface area contributed by atoms with E-state index >= 15 is 0 Å². The van der Waals surface area contributed by atoms with E-state index in [1.165, 1.54) is 0 Å². The molecule has 0 saturated carbocycles. The Hall–Kier alpha value is -2.00. The Morgan fingerprint density at radius 3 is 2.77 bits per heavy atom. The van der Waals surface area contributed by atoms with Gasteiger partial charge in [-0.25, -0.2) is 8.42 Å². The number of fused-ring (bicyclic) bond motifs is 1. The molecule has 3 aliphatic rings. The number of benzene rings is 1. The summed E-state index contributed by atoms with van der Waals surface area (Å²) in [6.45, 7) is 2.60. The van der Waals surface area contributed by atoms with Gasteiger partial charge in [0, 0.05) is 19.6 Å². The Morgan fingerprint density at radius 1 is 1.19 bits per heavy atom. The van der Waals surface area contributed by atoms with E-state index in [1.54, 1.807) is 18.2 Å². The molecule has 142 valence electrons. The number of para-hydroxylation sites is 1. The number of hydrogen-bond donors (Lipinski definition) is 2. The number of nitrogens with zero attached hydrogens (tertiary/aromatic N) is 1. The Kier molecular flexibility index (Phi) is 4.66. The van der Waals surface area contributed by atoms with Gasteiger partial charge in [-0.15, -0.1) is 0 Å².